The molecule has 2 atom stereocenters. The van der Waals surface area contributed by atoms with Gasteiger partial charge < -0.3 is 15.6 Å². The van der Waals surface area contributed by atoms with Crippen molar-refractivity contribution >= 4 is 5.97 Å². The Morgan fingerprint density at radius 1 is 1.35 bits per heavy atom. The molecule has 1 aliphatic carbocycles. The van der Waals surface area contributed by atoms with Gasteiger partial charge in [0.1, 0.15) is 0 Å². The van der Waals surface area contributed by atoms with Gasteiger partial charge in [-0.25, -0.2) is 13.6 Å². The van der Waals surface area contributed by atoms with E-state index in [1.807, 2.05) is 0 Å². The maximum Gasteiger partial charge on any atom is 0.343 e. The van der Waals surface area contributed by atoms with Gasteiger partial charge in [0, 0.05) is 18.8 Å². The van der Waals surface area contributed by atoms with Crippen molar-refractivity contribution in [3.05, 3.63) is 35.9 Å². The Hall–Kier alpha value is -1.53. The lowest BCUT2D eigenvalue weighted by Crippen LogP contribution is -2.44. The molecule has 1 aliphatic rings. The number of carbonyl (C=O) groups excluding carboxylic acids is 1. The summed E-state index contributed by atoms with van der Waals surface area (Å²) in [5.41, 5.74) is 3.64. The maximum absolute atomic E-state index is 13.6. The van der Waals surface area contributed by atoms with Crippen LogP contribution in [0.15, 0.2) is 30.3 Å². The van der Waals surface area contributed by atoms with Crippen molar-refractivity contribution in [3.63, 3.8) is 0 Å². The lowest BCUT2D eigenvalue weighted by atomic mass is 9.80. The Morgan fingerprint density at radius 3 is 2.61 bits per heavy atom. The number of rotatable bonds is 7. The summed E-state index contributed by atoms with van der Waals surface area (Å²) in [6.07, 6.45) is 0.506. The SMILES string of the molecule is NCCCCOC(=O)[C@](O)(c1ccccc1)[C@@H]1CCC(F)(F)C1. The number of aliphatic hydroxyl groups is 1. The number of benzene rings is 1. The van der Waals surface area contributed by atoms with Crippen molar-refractivity contribution in [2.75, 3.05) is 13.2 Å². The van der Waals surface area contributed by atoms with Crippen LogP contribution in [0, 0.1) is 5.92 Å². The van der Waals surface area contributed by atoms with Gasteiger partial charge in [0.15, 0.2) is 5.60 Å². The first kappa shape index (κ1) is 17.8. The molecule has 23 heavy (non-hydrogen) atoms. The fraction of sp³-hybridized carbons (Fsp3) is 0.588. The molecule has 1 fully saturated rings. The number of alkyl halides is 2. The summed E-state index contributed by atoms with van der Waals surface area (Å²) in [6.45, 7) is 0.601. The number of halogens is 2. The second kappa shape index (κ2) is 7.36. The third-order valence-electron chi connectivity index (χ3n) is 4.35. The van der Waals surface area contributed by atoms with E-state index >= 15 is 0 Å². The van der Waals surface area contributed by atoms with E-state index < -0.39 is 29.8 Å². The van der Waals surface area contributed by atoms with Crippen LogP contribution in [0.4, 0.5) is 8.78 Å². The third-order valence-corrected chi connectivity index (χ3v) is 4.35. The molecule has 0 heterocycles. The highest BCUT2D eigenvalue weighted by atomic mass is 19.3. The molecule has 0 amide bonds. The molecule has 1 aromatic rings. The Morgan fingerprint density at radius 2 is 2.04 bits per heavy atom. The number of ether oxygens (including phenoxy) is 1. The molecule has 0 aliphatic heterocycles. The predicted octanol–water partition coefficient (Wildman–Crippen LogP) is 2.59. The molecule has 2 rings (SSSR count). The third kappa shape index (κ3) is 4.06. The molecule has 0 radical (unpaired) electrons. The molecule has 4 nitrogen and oxygen atoms in total. The minimum absolute atomic E-state index is 0.0797. The largest absolute Gasteiger partial charge is 0.463 e. The average Bonchev–Trinajstić information content (AvgIpc) is 2.92. The van der Waals surface area contributed by atoms with Gasteiger partial charge in [0.2, 0.25) is 5.92 Å². The van der Waals surface area contributed by atoms with Gasteiger partial charge in [-0.3, -0.25) is 0 Å². The molecule has 0 saturated heterocycles. The van der Waals surface area contributed by atoms with E-state index in [4.69, 9.17) is 10.5 Å². The van der Waals surface area contributed by atoms with E-state index in [1.54, 1.807) is 30.3 Å². The highest BCUT2D eigenvalue weighted by Gasteiger charge is 2.54. The normalized spacial score (nSPS) is 22.5. The molecule has 1 aromatic carbocycles. The molecule has 0 aromatic heterocycles. The number of carbonyl (C=O) groups is 1. The van der Waals surface area contributed by atoms with E-state index in [2.05, 4.69) is 0 Å². The fourth-order valence-electron chi connectivity index (χ4n) is 3.04. The molecule has 0 bridgehead atoms. The first-order valence-electron chi connectivity index (χ1n) is 7.93. The van der Waals surface area contributed by atoms with Gasteiger partial charge >= 0.3 is 5.97 Å². The average molecular weight is 327 g/mol. The van der Waals surface area contributed by atoms with Crippen LogP contribution in [0.3, 0.4) is 0 Å². The molecule has 0 spiro atoms. The summed E-state index contributed by atoms with van der Waals surface area (Å²) in [6, 6.07) is 8.19. The molecular formula is C17H23F2NO3. The minimum atomic E-state index is -2.85. The van der Waals surface area contributed by atoms with Crippen molar-refractivity contribution < 1.29 is 23.4 Å². The second-order valence-corrected chi connectivity index (χ2v) is 6.06. The summed E-state index contributed by atoms with van der Waals surface area (Å²) < 4.78 is 32.3. The summed E-state index contributed by atoms with van der Waals surface area (Å²) in [5.74, 6) is -4.57. The highest BCUT2D eigenvalue weighted by Crippen LogP contribution is 2.47. The zero-order valence-electron chi connectivity index (χ0n) is 13.0. The zero-order chi connectivity index (χ0) is 16.9. The molecule has 128 valence electrons. The quantitative estimate of drug-likeness (QED) is 0.596. The maximum atomic E-state index is 13.6. The molecule has 1 saturated carbocycles. The molecule has 0 unspecified atom stereocenters. The van der Waals surface area contributed by atoms with Gasteiger partial charge in [0.05, 0.1) is 6.61 Å². The van der Waals surface area contributed by atoms with E-state index in [1.165, 1.54) is 0 Å². The molecule has 6 heteroatoms. The Kier molecular flexibility index (Phi) is 5.70. The number of nitrogens with two attached hydrogens (primary N) is 1. The summed E-state index contributed by atoms with van der Waals surface area (Å²) >= 11 is 0. The van der Waals surface area contributed by atoms with E-state index in [9.17, 15) is 18.7 Å². The number of hydrogen-bond donors (Lipinski definition) is 2. The van der Waals surface area contributed by atoms with Crippen LogP contribution in [-0.4, -0.2) is 30.2 Å². The van der Waals surface area contributed by atoms with Gasteiger partial charge in [0.25, 0.3) is 0 Å². The van der Waals surface area contributed by atoms with Crippen LogP contribution in [-0.2, 0) is 15.1 Å². The zero-order valence-corrected chi connectivity index (χ0v) is 13.0. The summed E-state index contributed by atoms with van der Waals surface area (Å²) in [4.78, 5) is 12.5. The van der Waals surface area contributed by atoms with Crippen molar-refractivity contribution in [2.24, 2.45) is 11.7 Å². The second-order valence-electron chi connectivity index (χ2n) is 6.06. The van der Waals surface area contributed by atoms with Crippen LogP contribution in [0.2, 0.25) is 0 Å². The van der Waals surface area contributed by atoms with Gasteiger partial charge in [-0.05, 0) is 31.4 Å². The van der Waals surface area contributed by atoms with Crippen LogP contribution in [0.1, 0.15) is 37.7 Å². The van der Waals surface area contributed by atoms with Crippen molar-refractivity contribution in [2.45, 2.75) is 43.6 Å². The first-order valence-corrected chi connectivity index (χ1v) is 7.93. The number of hydrogen-bond acceptors (Lipinski definition) is 4. The molecule has 3 N–H and O–H groups in total. The van der Waals surface area contributed by atoms with Crippen molar-refractivity contribution in [3.8, 4) is 0 Å². The number of esters is 1. The van der Waals surface area contributed by atoms with Gasteiger partial charge in [-0.1, -0.05) is 30.3 Å². The van der Waals surface area contributed by atoms with Gasteiger partial charge in [-0.2, -0.15) is 0 Å². The fourth-order valence-corrected chi connectivity index (χ4v) is 3.04. The van der Waals surface area contributed by atoms with E-state index in [0.717, 1.165) is 0 Å². The first-order chi connectivity index (χ1) is 10.9. The lowest BCUT2D eigenvalue weighted by molar-refractivity contribution is -0.175. The topological polar surface area (TPSA) is 72.5 Å². The predicted molar refractivity (Wildman–Crippen MR) is 81.9 cm³/mol. The van der Waals surface area contributed by atoms with E-state index in [0.29, 0.717) is 24.9 Å². The van der Waals surface area contributed by atoms with Crippen LogP contribution < -0.4 is 5.73 Å². The highest BCUT2D eigenvalue weighted by molar-refractivity contribution is 5.81. The van der Waals surface area contributed by atoms with Crippen LogP contribution in [0.25, 0.3) is 0 Å². The van der Waals surface area contributed by atoms with Crippen molar-refractivity contribution in [1.82, 2.24) is 0 Å². The van der Waals surface area contributed by atoms with Crippen LogP contribution >= 0.6 is 0 Å². The monoisotopic (exact) mass is 327 g/mol. The standard InChI is InChI=1S/C17H23F2NO3/c18-16(19)9-8-14(12-16)17(22,13-6-2-1-3-7-13)15(21)23-11-5-4-10-20/h1-3,6-7,14,22H,4-5,8-12,20H2/t14-,17+/m1/s1. The lowest BCUT2D eigenvalue weighted by Gasteiger charge is -2.32. The molecular weight excluding hydrogens is 304 g/mol. The number of unbranched alkanes of at least 4 members (excludes halogenated alkanes) is 1. The smallest absolute Gasteiger partial charge is 0.343 e. The summed E-state index contributed by atoms with van der Waals surface area (Å²) in [5, 5.41) is 11.0. The Labute approximate surface area is 134 Å². The Bertz CT molecular complexity index is 524. The summed E-state index contributed by atoms with van der Waals surface area (Å²) in [7, 11) is 0. The Balaban J connectivity index is 2.20. The van der Waals surface area contributed by atoms with Gasteiger partial charge in [-0.15, -0.1) is 0 Å². The van der Waals surface area contributed by atoms with Crippen molar-refractivity contribution in [1.29, 1.82) is 0 Å². The van der Waals surface area contributed by atoms with Crippen LogP contribution in [0.5, 0.6) is 0 Å². The minimum Gasteiger partial charge on any atom is -0.463 e. The van der Waals surface area contributed by atoms with E-state index in [-0.39, 0.29) is 19.4 Å².